The number of piperazine rings is 1. The van der Waals surface area contributed by atoms with E-state index in [9.17, 15) is 26.4 Å². The van der Waals surface area contributed by atoms with E-state index in [1.54, 1.807) is 4.31 Å². The van der Waals surface area contributed by atoms with E-state index in [1.807, 2.05) is 6.92 Å². The smallest absolute Gasteiger partial charge is 0.295 e. The number of hydrogen-bond acceptors (Lipinski definition) is 4. The summed E-state index contributed by atoms with van der Waals surface area (Å²) in [6, 6.07) is 3.45. The Morgan fingerprint density at radius 1 is 1.09 bits per heavy atom. The van der Waals surface area contributed by atoms with Gasteiger partial charge in [0.25, 0.3) is 0 Å². The van der Waals surface area contributed by atoms with E-state index >= 15 is 0 Å². The van der Waals surface area contributed by atoms with Crippen molar-refractivity contribution >= 4 is 27.4 Å². The van der Waals surface area contributed by atoms with Crippen molar-refractivity contribution in [1.82, 2.24) is 9.21 Å². The van der Waals surface area contributed by atoms with Crippen molar-refractivity contribution in [3.05, 3.63) is 34.3 Å². The van der Waals surface area contributed by atoms with Gasteiger partial charge >= 0.3 is 6.18 Å². The molecule has 0 unspecified atom stereocenters. The zero-order valence-corrected chi connectivity index (χ0v) is 20.5. The SMILES string of the molecule is CCCS(=O)(=O)N1CCN(C2(CCC(=O)c3cccc(C(F)(F)F)c3Cl)CCCCC2)CC1. The molecule has 5 nitrogen and oxygen atoms in total. The molecule has 1 saturated carbocycles. The van der Waals surface area contributed by atoms with Gasteiger partial charge in [0.2, 0.25) is 10.0 Å². The Kier molecular flexibility index (Phi) is 8.51. The number of nitrogens with zero attached hydrogens (tertiary/aromatic N) is 2. The van der Waals surface area contributed by atoms with Crippen LogP contribution < -0.4 is 0 Å². The summed E-state index contributed by atoms with van der Waals surface area (Å²) >= 11 is 5.96. The van der Waals surface area contributed by atoms with Crippen LogP contribution in [0, 0.1) is 0 Å². The van der Waals surface area contributed by atoms with Crippen LogP contribution in [0.25, 0.3) is 0 Å². The van der Waals surface area contributed by atoms with E-state index < -0.39 is 26.8 Å². The maximum Gasteiger partial charge on any atom is 0.417 e. The fraction of sp³-hybridized carbons (Fsp3) is 0.696. The highest BCUT2D eigenvalue weighted by Crippen LogP contribution is 2.40. The number of sulfonamides is 1. The first-order chi connectivity index (χ1) is 15.5. The Labute approximate surface area is 199 Å². The average Bonchev–Trinajstić information content (AvgIpc) is 2.77. The zero-order valence-electron chi connectivity index (χ0n) is 19.0. The van der Waals surface area contributed by atoms with Gasteiger partial charge in [0.1, 0.15) is 0 Å². The number of halogens is 4. The van der Waals surface area contributed by atoms with Gasteiger partial charge in [-0.15, -0.1) is 0 Å². The molecule has 1 aromatic carbocycles. The Bertz CT molecular complexity index is 939. The van der Waals surface area contributed by atoms with Gasteiger partial charge < -0.3 is 0 Å². The molecular formula is C23H32ClF3N2O3S. The maximum absolute atomic E-state index is 13.2. The molecule has 10 heteroatoms. The normalized spacial score (nSPS) is 20.6. The van der Waals surface area contributed by atoms with E-state index in [0.29, 0.717) is 39.0 Å². The van der Waals surface area contributed by atoms with E-state index in [2.05, 4.69) is 4.90 Å². The fourth-order valence-electron chi connectivity index (χ4n) is 5.21. The first kappa shape index (κ1) is 26.4. The van der Waals surface area contributed by atoms with Gasteiger partial charge in [-0.1, -0.05) is 43.9 Å². The van der Waals surface area contributed by atoms with Crippen molar-refractivity contribution < 1.29 is 26.4 Å². The van der Waals surface area contributed by atoms with Crippen LogP contribution in [0.15, 0.2) is 18.2 Å². The van der Waals surface area contributed by atoms with Crippen molar-refractivity contribution in [3.8, 4) is 0 Å². The Morgan fingerprint density at radius 3 is 2.30 bits per heavy atom. The molecule has 0 amide bonds. The van der Waals surface area contributed by atoms with Crippen LogP contribution in [-0.4, -0.2) is 60.9 Å². The van der Waals surface area contributed by atoms with Gasteiger partial charge in [0, 0.05) is 43.7 Å². The number of hydrogen-bond donors (Lipinski definition) is 0. The fourth-order valence-corrected chi connectivity index (χ4v) is 7.04. The number of benzene rings is 1. The summed E-state index contributed by atoms with van der Waals surface area (Å²) in [5.74, 6) is -0.245. The molecule has 1 aliphatic carbocycles. The molecule has 0 radical (unpaired) electrons. The molecule has 0 N–H and O–H groups in total. The summed E-state index contributed by atoms with van der Waals surface area (Å²) in [5.41, 5.74) is -1.32. The van der Waals surface area contributed by atoms with Crippen LogP contribution in [0.5, 0.6) is 0 Å². The molecule has 0 bridgehead atoms. The molecule has 33 heavy (non-hydrogen) atoms. The lowest BCUT2D eigenvalue weighted by atomic mass is 9.76. The topological polar surface area (TPSA) is 57.7 Å². The molecule has 1 aliphatic heterocycles. The lowest BCUT2D eigenvalue weighted by Crippen LogP contribution is -2.58. The van der Waals surface area contributed by atoms with Gasteiger partial charge in [0.15, 0.2) is 5.78 Å². The van der Waals surface area contributed by atoms with Crippen LogP contribution >= 0.6 is 11.6 Å². The van der Waals surface area contributed by atoms with Gasteiger partial charge in [-0.05, 0) is 37.8 Å². The highest BCUT2D eigenvalue weighted by Gasteiger charge is 2.41. The van der Waals surface area contributed by atoms with E-state index in [-0.39, 0.29) is 29.1 Å². The van der Waals surface area contributed by atoms with E-state index in [0.717, 1.165) is 38.2 Å². The third-order valence-corrected chi connectivity index (χ3v) is 9.45. The van der Waals surface area contributed by atoms with Crippen molar-refractivity contribution in [1.29, 1.82) is 0 Å². The third-order valence-electron chi connectivity index (χ3n) is 6.97. The van der Waals surface area contributed by atoms with Crippen LogP contribution in [-0.2, 0) is 16.2 Å². The molecule has 1 aromatic rings. The van der Waals surface area contributed by atoms with Gasteiger partial charge in [-0.25, -0.2) is 8.42 Å². The zero-order chi connectivity index (χ0) is 24.3. The standard InChI is InChI=1S/C23H32ClF3N2O3S/c1-2-17-33(31,32)29-15-13-28(14-16-29)22(10-4-3-5-11-22)12-9-20(30)18-7-6-8-19(21(18)24)23(25,26)27/h6-8H,2-5,9-17H2,1H3. The number of Topliss-reactive ketones (excluding diaryl/α,β-unsaturated/α-hetero) is 1. The van der Waals surface area contributed by atoms with Crippen LogP contribution in [0.4, 0.5) is 13.2 Å². The maximum atomic E-state index is 13.2. The number of ketones is 1. The summed E-state index contributed by atoms with van der Waals surface area (Å²) in [5, 5.41) is -0.539. The minimum absolute atomic E-state index is 0.0899. The molecule has 0 aromatic heterocycles. The second-order valence-electron chi connectivity index (χ2n) is 9.08. The van der Waals surface area contributed by atoms with Crippen LogP contribution in [0.1, 0.15) is 74.2 Å². The second-order valence-corrected chi connectivity index (χ2v) is 11.5. The predicted molar refractivity (Wildman–Crippen MR) is 123 cm³/mol. The lowest BCUT2D eigenvalue weighted by molar-refractivity contribution is -0.137. The first-order valence-electron chi connectivity index (χ1n) is 11.6. The van der Waals surface area contributed by atoms with Gasteiger partial charge in [-0.2, -0.15) is 17.5 Å². The second kappa shape index (κ2) is 10.6. The number of alkyl halides is 3. The van der Waals surface area contributed by atoms with Crippen molar-refractivity contribution in [3.63, 3.8) is 0 Å². The first-order valence-corrected chi connectivity index (χ1v) is 13.6. The third kappa shape index (κ3) is 6.10. The predicted octanol–water partition coefficient (Wildman–Crippen LogP) is 5.38. The number of carbonyl (C=O) groups excluding carboxylic acids is 1. The Balaban J connectivity index is 1.72. The lowest BCUT2D eigenvalue weighted by Gasteiger charge is -2.50. The molecule has 2 fully saturated rings. The largest absolute Gasteiger partial charge is 0.417 e. The van der Waals surface area contributed by atoms with E-state index in [4.69, 9.17) is 11.6 Å². The molecule has 2 aliphatic rings. The van der Waals surface area contributed by atoms with Gasteiger partial charge in [0.05, 0.1) is 16.3 Å². The number of rotatable bonds is 8. The van der Waals surface area contributed by atoms with Crippen molar-refractivity contribution in [2.24, 2.45) is 0 Å². The highest BCUT2D eigenvalue weighted by molar-refractivity contribution is 7.89. The minimum Gasteiger partial charge on any atom is -0.295 e. The minimum atomic E-state index is -4.62. The summed E-state index contributed by atoms with van der Waals surface area (Å²) < 4.78 is 66.0. The molecule has 1 heterocycles. The highest BCUT2D eigenvalue weighted by atomic mass is 35.5. The van der Waals surface area contributed by atoms with E-state index in [1.165, 1.54) is 12.1 Å². The van der Waals surface area contributed by atoms with Gasteiger partial charge in [-0.3, -0.25) is 9.69 Å². The quantitative estimate of drug-likeness (QED) is 0.442. The summed E-state index contributed by atoms with van der Waals surface area (Å²) in [7, 11) is -3.24. The molecular weight excluding hydrogens is 477 g/mol. The Hall–Kier alpha value is -1.16. The monoisotopic (exact) mass is 508 g/mol. The average molecular weight is 509 g/mol. The molecule has 1 saturated heterocycles. The molecule has 0 spiro atoms. The summed E-state index contributed by atoms with van der Waals surface area (Å²) in [6.45, 7) is 3.90. The van der Waals surface area contributed by atoms with Crippen molar-refractivity contribution in [2.45, 2.75) is 70.0 Å². The van der Waals surface area contributed by atoms with Crippen LogP contribution in [0.2, 0.25) is 5.02 Å². The molecule has 0 atom stereocenters. The molecule has 186 valence electrons. The number of carbonyl (C=O) groups is 1. The van der Waals surface area contributed by atoms with Crippen molar-refractivity contribution in [2.75, 3.05) is 31.9 Å². The summed E-state index contributed by atoms with van der Waals surface area (Å²) in [4.78, 5) is 15.2. The Morgan fingerprint density at radius 2 is 1.73 bits per heavy atom. The summed E-state index contributed by atoms with van der Waals surface area (Å²) in [6.07, 6.45) is 1.55. The molecule has 3 rings (SSSR count). The van der Waals surface area contributed by atoms with Crippen LogP contribution in [0.3, 0.4) is 0 Å².